The molecule has 0 bridgehead atoms. The van der Waals surface area contributed by atoms with Crippen molar-refractivity contribution in [3.05, 3.63) is 65.2 Å². The number of aromatic nitrogens is 1. The summed E-state index contributed by atoms with van der Waals surface area (Å²) in [6.07, 6.45) is 2.32. The Kier molecular flexibility index (Phi) is 4.45. The number of pyridine rings is 1. The second kappa shape index (κ2) is 6.47. The summed E-state index contributed by atoms with van der Waals surface area (Å²) >= 11 is 0. The van der Waals surface area contributed by atoms with Gasteiger partial charge < -0.3 is 16.3 Å². The highest BCUT2D eigenvalue weighted by Crippen LogP contribution is 2.07. The predicted octanol–water partition coefficient (Wildman–Crippen LogP) is 1.25. The molecule has 1 aromatic heterocycles. The molecule has 0 radical (unpaired) electrons. The van der Waals surface area contributed by atoms with E-state index < -0.39 is 11.7 Å². The number of benzene rings is 1. The van der Waals surface area contributed by atoms with E-state index in [1.165, 1.54) is 12.3 Å². The van der Waals surface area contributed by atoms with Crippen molar-refractivity contribution in [1.29, 1.82) is 0 Å². The van der Waals surface area contributed by atoms with Crippen molar-refractivity contribution in [2.45, 2.75) is 6.54 Å². The molecule has 0 spiro atoms. The maximum Gasteiger partial charge on any atom is 0.254 e. The van der Waals surface area contributed by atoms with Gasteiger partial charge in [0.05, 0.1) is 11.8 Å². The number of amides is 1. The van der Waals surface area contributed by atoms with Gasteiger partial charge >= 0.3 is 0 Å². The molecule has 0 unspecified atom stereocenters. The van der Waals surface area contributed by atoms with E-state index in [0.717, 1.165) is 11.8 Å². The van der Waals surface area contributed by atoms with Gasteiger partial charge in [-0.2, -0.15) is 0 Å². The molecule has 21 heavy (non-hydrogen) atoms. The van der Waals surface area contributed by atoms with Crippen LogP contribution in [0.3, 0.4) is 0 Å². The first-order chi connectivity index (χ1) is 10.1. The minimum atomic E-state index is -0.680. The lowest BCUT2D eigenvalue weighted by molar-refractivity contribution is 0.0946. The van der Waals surface area contributed by atoms with Crippen molar-refractivity contribution < 1.29 is 14.4 Å². The van der Waals surface area contributed by atoms with Crippen molar-refractivity contribution in [2.24, 2.45) is 10.9 Å². The van der Waals surface area contributed by atoms with E-state index in [-0.39, 0.29) is 17.9 Å². The first-order valence-electron chi connectivity index (χ1n) is 6.06. The van der Waals surface area contributed by atoms with Gasteiger partial charge in [-0.15, -0.1) is 0 Å². The van der Waals surface area contributed by atoms with E-state index >= 15 is 0 Å². The Morgan fingerprint density at radius 3 is 2.95 bits per heavy atom. The molecule has 0 fully saturated rings. The van der Waals surface area contributed by atoms with Crippen LogP contribution in [0.4, 0.5) is 4.39 Å². The van der Waals surface area contributed by atoms with Gasteiger partial charge in [0.1, 0.15) is 0 Å². The van der Waals surface area contributed by atoms with Crippen LogP contribution in [0.1, 0.15) is 21.5 Å². The Balaban J connectivity index is 2.07. The summed E-state index contributed by atoms with van der Waals surface area (Å²) in [6, 6.07) is 8.11. The third-order valence-electron chi connectivity index (χ3n) is 2.80. The van der Waals surface area contributed by atoms with Crippen LogP contribution in [-0.2, 0) is 6.54 Å². The quantitative estimate of drug-likeness (QED) is 0.341. The number of hydrogen-bond acceptors (Lipinski definition) is 4. The molecular formula is C14H13FN4O2. The van der Waals surface area contributed by atoms with E-state index in [4.69, 9.17) is 10.9 Å². The number of nitrogens with two attached hydrogens (primary N) is 1. The Labute approximate surface area is 120 Å². The lowest BCUT2D eigenvalue weighted by Crippen LogP contribution is -2.24. The molecule has 1 heterocycles. The Bertz CT molecular complexity index is 688. The summed E-state index contributed by atoms with van der Waals surface area (Å²) in [5, 5.41) is 14.1. The first-order valence-corrected chi connectivity index (χ1v) is 6.06. The number of rotatable bonds is 4. The average molecular weight is 288 g/mol. The highest BCUT2D eigenvalue weighted by Gasteiger charge is 2.11. The molecular weight excluding hydrogens is 275 g/mol. The predicted molar refractivity (Wildman–Crippen MR) is 74.3 cm³/mol. The first kappa shape index (κ1) is 14.4. The van der Waals surface area contributed by atoms with Gasteiger partial charge in [-0.1, -0.05) is 23.4 Å². The highest BCUT2D eigenvalue weighted by molar-refractivity contribution is 5.97. The van der Waals surface area contributed by atoms with Crippen molar-refractivity contribution >= 4 is 11.7 Å². The summed E-state index contributed by atoms with van der Waals surface area (Å²) in [4.78, 5) is 15.4. The standard InChI is InChI=1S/C14H13FN4O2/c15-12-8-17-5-4-11(12)14(20)18-7-9-2-1-3-10(6-9)13(16)19-21/h1-6,8,21H,7H2,(H2,16,19)(H,18,20). The molecule has 0 aliphatic heterocycles. The van der Waals surface area contributed by atoms with Crippen LogP contribution >= 0.6 is 0 Å². The molecule has 1 aromatic carbocycles. The number of carbonyl (C=O) groups is 1. The van der Waals surface area contributed by atoms with Crippen LogP contribution in [0.5, 0.6) is 0 Å². The van der Waals surface area contributed by atoms with Gasteiger partial charge in [0.25, 0.3) is 5.91 Å². The number of carbonyl (C=O) groups excluding carboxylic acids is 1. The summed E-state index contributed by atoms with van der Waals surface area (Å²) in [7, 11) is 0. The van der Waals surface area contributed by atoms with Crippen LogP contribution in [-0.4, -0.2) is 21.9 Å². The number of hydrogen-bond donors (Lipinski definition) is 3. The van der Waals surface area contributed by atoms with Crippen molar-refractivity contribution in [3.8, 4) is 0 Å². The van der Waals surface area contributed by atoms with Crippen molar-refractivity contribution in [2.75, 3.05) is 0 Å². The van der Waals surface area contributed by atoms with Crippen LogP contribution < -0.4 is 11.1 Å². The maximum atomic E-state index is 13.4. The van der Waals surface area contributed by atoms with E-state index in [1.807, 2.05) is 0 Å². The van der Waals surface area contributed by atoms with Crippen LogP contribution in [0.15, 0.2) is 47.9 Å². The highest BCUT2D eigenvalue weighted by atomic mass is 19.1. The van der Waals surface area contributed by atoms with Crippen LogP contribution in [0.25, 0.3) is 0 Å². The third-order valence-corrected chi connectivity index (χ3v) is 2.80. The number of amidine groups is 1. The van der Waals surface area contributed by atoms with Gasteiger partial charge in [-0.05, 0) is 17.7 Å². The summed E-state index contributed by atoms with van der Waals surface area (Å²) in [5.74, 6) is -1.24. The smallest absolute Gasteiger partial charge is 0.254 e. The number of nitrogens with one attached hydrogen (secondary N) is 1. The zero-order valence-electron chi connectivity index (χ0n) is 11.0. The van der Waals surface area contributed by atoms with E-state index in [9.17, 15) is 9.18 Å². The zero-order chi connectivity index (χ0) is 15.2. The molecule has 0 aliphatic carbocycles. The fourth-order valence-electron chi connectivity index (χ4n) is 1.74. The second-order valence-corrected chi connectivity index (χ2v) is 4.22. The monoisotopic (exact) mass is 288 g/mol. The second-order valence-electron chi connectivity index (χ2n) is 4.22. The number of nitrogens with zero attached hydrogens (tertiary/aromatic N) is 2. The molecule has 7 heteroatoms. The molecule has 2 rings (SSSR count). The molecule has 4 N–H and O–H groups in total. The average Bonchev–Trinajstić information content (AvgIpc) is 2.52. The van der Waals surface area contributed by atoms with Crippen LogP contribution in [0, 0.1) is 5.82 Å². The van der Waals surface area contributed by atoms with Gasteiger partial charge in [0.15, 0.2) is 11.7 Å². The Morgan fingerprint density at radius 2 is 2.24 bits per heavy atom. The van der Waals surface area contributed by atoms with E-state index in [1.54, 1.807) is 24.3 Å². The minimum Gasteiger partial charge on any atom is -0.409 e. The SMILES string of the molecule is NC(=NO)c1cccc(CNC(=O)c2ccncc2F)c1. The molecule has 6 nitrogen and oxygen atoms in total. The van der Waals surface area contributed by atoms with Crippen molar-refractivity contribution in [1.82, 2.24) is 10.3 Å². The van der Waals surface area contributed by atoms with Gasteiger partial charge in [-0.3, -0.25) is 9.78 Å². The van der Waals surface area contributed by atoms with E-state index in [0.29, 0.717) is 5.56 Å². The normalized spacial score (nSPS) is 11.2. The fraction of sp³-hybridized carbons (Fsp3) is 0.0714. The molecule has 1 amide bonds. The molecule has 0 saturated heterocycles. The number of halogens is 1. The molecule has 108 valence electrons. The summed E-state index contributed by atoms with van der Waals surface area (Å²) in [6.45, 7) is 0.188. The molecule has 2 aromatic rings. The lowest BCUT2D eigenvalue weighted by atomic mass is 10.1. The third kappa shape index (κ3) is 3.53. The van der Waals surface area contributed by atoms with Gasteiger partial charge in [0.2, 0.25) is 0 Å². The summed E-state index contributed by atoms with van der Waals surface area (Å²) < 4.78 is 13.4. The maximum absolute atomic E-state index is 13.4. The van der Waals surface area contributed by atoms with E-state index in [2.05, 4.69) is 15.5 Å². The van der Waals surface area contributed by atoms with Gasteiger partial charge in [0, 0.05) is 18.3 Å². The summed E-state index contributed by atoms with van der Waals surface area (Å²) in [5.41, 5.74) is 6.68. The number of oxime groups is 1. The zero-order valence-corrected chi connectivity index (χ0v) is 11.0. The molecule has 0 atom stereocenters. The largest absolute Gasteiger partial charge is 0.409 e. The topological polar surface area (TPSA) is 101 Å². The fourth-order valence-corrected chi connectivity index (χ4v) is 1.74. The van der Waals surface area contributed by atoms with Crippen molar-refractivity contribution in [3.63, 3.8) is 0 Å². The molecule has 0 aliphatic rings. The van der Waals surface area contributed by atoms with Gasteiger partial charge in [-0.25, -0.2) is 4.39 Å². The van der Waals surface area contributed by atoms with Crippen LogP contribution in [0.2, 0.25) is 0 Å². The lowest BCUT2D eigenvalue weighted by Gasteiger charge is -2.07. The Hall–Kier alpha value is -2.96. The molecule has 0 saturated carbocycles. The Morgan fingerprint density at radius 1 is 1.43 bits per heavy atom. The minimum absolute atomic E-state index is 0.0247.